The molecule has 2 N–H and O–H groups in total. The molecule has 0 heterocycles. The van der Waals surface area contributed by atoms with Gasteiger partial charge in [0, 0.05) is 15.7 Å². The Bertz CT molecular complexity index is 671. The van der Waals surface area contributed by atoms with Crippen LogP contribution in [0.3, 0.4) is 0 Å². The number of carbonyl (C=O) groups is 1. The Balaban J connectivity index is 2.13. The molecule has 110 valence electrons. The molecule has 0 aliphatic heterocycles. The number of rotatable bonds is 4. The molecule has 2 rings (SSSR count). The average Bonchev–Trinajstić information content (AvgIpc) is 2.45. The van der Waals surface area contributed by atoms with E-state index in [1.54, 1.807) is 24.3 Å². The van der Waals surface area contributed by atoms with Gasteiger partial charge in [0.15, 0.2) is 0 Å². The maximum atomic E-state index is 12.1. The van der Waals surface area contributed by atoms with Crippen molar-refractivity contribution in [3.05, 3.63) is 63.1 Å². The van der Waals surface area contributed by atoms with Crippen molar-refractivity contribution in [2.24, 2.45) is 0 Å². The van der Waals surface area contributed by atoms with Crippen LogP contribution >= 0.6 is 23.2 Å². The number of aryl methyl sites for hydroxylation is 1. The summed E-state index contributed by atoms with van der Waals surface area (Å²) in [6.07, 6.45) is 0.141. The average molecular weight is 324 g/mol. The van der Waals surface area contributed by atoms with E-state index in [-0.39, 0.29) is 18.9 Å². The number of hydrogen-bond donors (Lipinski definition) is 2. The van der Waals surface area contributed by atoms with Gasteiger partial charge in [0.1, 0.15) is 0 Å². The number of amides is 1. The maximum absolute atomic E-state index is 12.1. The van der Waals surface area contributed by atoms with E-state index in [2.05, 4.69) is 5.32 Å². The van der Waals surface area contributed by atoms with Gasteiger partial charge in [0.25, 0.3) is 0 Å². The van der Waals surface area contributed by atoms with Gasteiger partial charge in [-0.25, -0.2) is 0 Å². The number of anilines is 1. The van der Waals surface area contributed by atoms with E-state index in [0.29, 0.717) is 21.3 Å². The lowest BCUT2D eigenvalue weighted by atomic mass is 10.1. The first-order valence-electron chi connectivity index (χ1n) is 6.44. The Labute approximate surface area is 133 Å². The lowest BCUT2D eigenvalue weighted by Crippen LogP contribution is -2.15. The van der Waals surface area contributed by atoms with Gasteiger partial charge in [-0.15, -0.1) is 0 Å². The number of aliphatic hydroxyl groups is 1. The molecule has 0 unspecified atom stereocenters. The van der Waals surface area contributed by atoms with Crippen LogP contribution in [0.4, 0.5) is 5.69 Å². The van der Waals surface area contributed by atoms with Crippen LogP contribution in [-0.4, -0.2) is 11.0 Å². The van der Waals surface area contributed by atoms with Gasteiger partial charge in [0.05, 0.1) is 13.0 Å². The first kappa shape index (κ1) is 15.8. The molecule has 0 saturated carbocycles. The van der Waals surface area contributed by atoms with Crippen molar-refractivity contribution in [2.45, 2.75) is 20.0 Å². The first-order valence-corrected chi connectivity index (χ1v) is 7.19. The van der Waals surface area contributed by atoms with Crippen molar-refractivity contribution in [1.29, 1.82) is 0 Å². The standard InChI is InChI=1S/C16H15Cl2NO2/c1-10-2-3-11(9-20)6-15(10)19-16(21)8-12-7-13(17)4-5-14(12)18/h2-7,20H,8-9H2,1H3,(H,19,21). The minimum absolute atomic E-state index is 0.0662. The topological polar surface area (TPSA) is 49.3 Å². The highest BCUT2D eigenvalue weighted by Gasteiger charge is 2.10. The van der Waals surface area contributed by atoms with Crippen molar-refractivity contribution < 1.29 is 9.90 Å². The minimum Gasteiger partial charge on any atom is -0.392 e. The summed E-state index contributed by atoms with van der Waals surface area (Å²) in [7, 11) is 0. The van der Waals surface area contributed by atoms with Crippen LogP contribution in [0.15, 0.2) is 36.4 Å². The number of benzene rings is 2. The second-order valence-corrected chi connectivity index (χ2v) is 5.61. The zero-order valence-corrected chi connectivity index (χ0v) is 13.0. The normalized spacial score (nSPS) is 10.5. The summed E-state index contributed by atoms with van der Waals surface area (Å²) in [5.74, 6) is -0.183. The van der Waals surface area contributed by atoms with E-state index >= 15 is 0 Å². The molecule has 1 amide bonds. The third-order valence-electron chi connectivity index (χ3n) is 3.12. The van der Waals surface area contributed by atoms with Crippen LogP contribution in [0.25, 0.3) is 0 Å². The van der Waals surface area contributed by atoms with Crippen molar-refractivity contribution in [1.82, 2.24) is 0 Å². The lowest BCUT2D eigenvalue weighted by molar-refractivity contribution is -0.115. The largest absolute Gasteiger partial charge is 0.392 e. The fraction of sp³-hybridized carbons (Fsp3) is 0.188. The molecular formula is C16H15Cl2NO2. The highest BCUT2D eigenvalue weighted by atomic mass is 35.5. The molecule has 2 aromatic rings. The van der Waals surface area contributed by atoms with Gasteiger partial charge in [0.2, 0.25) is 5.91 Å². The molecule has 2 aromatic carbocycles. The number of hydrogen-bond acceptors (Lipinski definition) is 2. The summed E-state index contributed by atoms with van der Waals surface area (Å²) in [6, 6.07) is 10.5. The monoisotopic (exact) mass is 323 g/mol. The Morgan fingerprint density at radius 2 is 1.95 bits per heavy atom. The molecule has 3 nitrogen and oxygen atoms in total. The molecule has 0 spiro atoms. The summed E-state index contributed by atoms with van der Waals surface area (Å²) >= 11 is 12.0. The third-order valence-corrected chi connectivity index (χ3v) is 3.72. The summed E-state index contributed by atoms with van der Waals surface area (Å²) < 4.78 is 0. The van der Waals surface area contributed by atoms with E-state index in [1.165, 1.54) is 0 Å². The van der Waals surface area contributed by atoms with Crippen LogP contribution in [0.5, 0.6) is 0 Å². The molecular weight excluding hydrogens is 309 g/mol. The summed E-state index contributed by atoms with van der Waals surface area (Å²) in [6.45, 7) is 1.83. The first-order chi connectivity index (χ1) is 9.99. The number of nitrogens with one attached hydrogen (secondary N) is 1. The second kappa shape index (κ2) is 6.94. The zero-order valence-electron chi connectivity index (χ0n) is 11.5. The van der Waals surface area contributed by atoms with E-state index < -0.39 is 0 Å². The van der Waals surface area contributed by atoms with Gasteiger partial charge in [-0.2, -0.15) is 0 Å². The minimum atomic E-state index is -0.183. The van der Waals surface area contributed by atoms with Crippen LogP contribution < -0.4 is 5.32 Å². The molecule has 0 aliphatic carbocycles. The van der Waals surface area contributed by atoms with E-state index in [0.717, 1.165) is 11.1 Å². The highest BCUT2D eigenvalue weighted by molar-refractivity contribution is 6.33. The molecule has 0 atom stereocenters. The van der Waals surface area contributed by atoms with Crippen molar-refractivity contribution in [2.75, 3.05) is 5.32 Å². The van der Waals surface area contributed by atoms with E-state index in [1.807, 2.05) is 19.1 Å². The quantitative estimate of drug-likeness (QED) is 0.894. The number of halogens is 2. The molecule has 5 heteroatoms. The predicted octanol–water partition coefficient (Wildman–Crippen LogP) is 3.98. The highest BCUT2D eigenvalue weighted by Crippen LogP contribution is 2.22. The van der Waals surface area contributed by atoms with Crippen LogP contribution in [-0.2, 0) is 17.8 Å². The Morgan fingerprint density at radius 1 is 1.19 bits per heavy atom. The van der Waals surface area contributed by atoms with Gasteiger partial charge < -0.3 is 10.4 Å². The van der Waals surface area contributed by atoms with E-state index in [9.17, 15) is 4.79 Å². The Hall–Kier alpha value is -1.55. The van der Waals surface area contributed by atoms with Gasteiger partial charge in [-0.05, 0) is 47.9 Å². The molecule has 0 bridgehead atoms. The summed E-state index contributed by atoms with van der Waals surface area (Å²) in [5.41, 5.74) is 3.04. The predicted molar refractivity (Wildman–Crippen MR) is 85.9 cm³/mol. The molecule has 0 aliphatic rings. The molecule has 0 fully saturated rings. The molecule has 0 saturated heterocycles. The van der Waals surface area contributed by atoms with Crippen LogP contribution in [0, 0.1) is 6.92 Å². The Morgan fingerprint density at radius 3 is 2.67 bits per heavy atom. The number of carbonyl (C=O) groups excluding carboxylic acids is 1. The molecule has 0 aromatic heterocycles. The lowest BCUT2D eigenvalue weighted by Gasteiger charge is -2.11. The fourth-order valence-electron chi connectivity index (χ4n) is 1.95. The second-order valence-electron chi connectivity index (χ2n) is 4.77. The van der Waals surface area contributed by atoms with Gasteiger partial charge >= 0.3 is 0 Å². The van der Waals surface area contributed by atoms with Crippen molar-refractivity contribution >= 4 is 34.8 Å². The number of aliphatic hydroxyl groups excluding tert-OH is 1. The van der Waals surface area contributed by atoms with Crippen molar-refractivity contribution in [3.8, 4) is 0 Å². The SMILES string of the molecule is Cc1ccc(CO)cc1NC(=O)Cc1cc(Cl)ccc1Cl. The zero-order chi connectivity index (χ0) is 15.4. The molecule has 0 radical (unpaired) electrons. The molecule has 21 heavy (non-hydrogen) atoms. The van der Waals surface area contributed by atoms with Gasteiger partial charge in [-0.3, -0.25) is 4.79 Å². The Kier molecular flexibility index (Phi) is 5.23. The van der Waals surface area contributed by atoms with Gasteiger partial charge in [-0.1, -0.05) is 35.3 Å². The fourth-order valence-corrected chi connectivity index (χ4v) is 2.33. The smallest absolute Gasteiger partial charge is 0.228 e. The van der Waals surface area contributed by atoms with Crippen molar-refractivity contribution in [3.63, 3.8) is 0 Å². The van der Waals surface area contributed by atoms with Crippen LogP contribution in [0.1, 0.15) is 16.7 Å². The summed E-state index contributed by atoms with van der Waals surface area (Å²) in [5, 5.41) is 13.0. The van der Waals surface area contributed by atoms with E-state index in [4.69, 9.17) is 28.3 Å². The third kappa shape index (κ3) is 4.21. The maximum Gasteiger partial charge on any atom is 0.228 e. The summed E-state index contributed by atoms with van der Waals surface area (Å²) in [4.78, 5) is 12.1. The van der Waals surface area contributed by atoms with Crippen LogP contribution in [0.2, 0.25) is 10.0 Å².